The van der Waals surface area contributed by atoms with Gasteiger partial charge in [0.1, 0.15) is 11.2 Å². The number of anilines is 1. The highest BCUT2D eigenvalue weighted by Crippen LogP contribution is 2.29. The average Bonchev–Trinajstić information content (AvgIpc) is 2.76. The number of H-pyrrole nitrogens is 1. The molecule has 164 valence electrons. The fourth-order valence-corrected chi connectivity index (χ4v) is 3.10. The van der Waals surface area contributed by atoms with Crippen LogP contribution in [0.4, 0.5) is 23.5 Å². The van der Waals surface area contributed by atoms with Gasteiger partial charge in [-0.1, -0.05) is 30.3 Å². The van der Waals surface area contributed by atoms with E-state index in [0.717, 1.165) is 16.7 Å². The summed E-state index contributed by atoms with van der Waals surface area (Å²) in [6.07, 6.45) is -3.27. The summed E-state index contributed by atoms with van der Waals surface area (Å²) in [4.78, 5) is 35.6. The Labute approximate surface area is 177 Å². The van der Waals surface area contributed by atoms with Gasteiger partial charge < -0.3 is 5.32 Å². The zero-order valence-corrected chi connectivity index (χ0v) is 16.3. The van der Waals surface area contributed by atoms with Gasteiger partial charge in [0, 0.05) is 18.3 Å². The minimum atomic E-state index is -4.46. The second-order valence-corrected chi connectivity index (χ2v) is 6.92. The SMILES string of the molecule is O=c1[nH]c2nc(NCc3cccc(C(F)(F)F)c3)ncc2c(=O)n1Cc1ccccc1F. The molecule has 0 fully saturated rings. The Morgan fingerprint density at radius 3 is 2.59 bits per heavy atom. The van der Waals surface area contributed by atoms with E-state index in [0.29, 0.717) is 5.56 Å². The number of aromatic amines is 1. The van der Waals surface area contributed by atoms with Gasteiger partial charge in [0.25, 0.3) is 5.56 Å². The fraction of sp³-hybridized carbons (Fsp3) is 0.143. The first-order chi connectivity index (χ1) is 15.2. The molecule has 0 aliphatic heterocycles. The third kappa shape index (κ3) is 4.36. The number of benzene rings is 2. The lowest BCUT2D eigenvalue weighted by Gasteiger charge is -2.10. The number of fused-ring (bicyclic) bond motifs is 1. The Kier molecular flexibility index (Phi) is 5.47. The van der Waals surface area contributed by atoms with Crippen LogP contribution in [0.15, 0.2) is 64.3 Å². The summed E-state index contributed by atoms with van der Waals surface area (Å²) in [5.41, 5.74) is -1.80. The number of alkyl halides is 3. The van der Waals surface area contributed by atoms with E-state index in [4.69, 9.17) is 0 Å². The maximum absolute atomic E-state index is 13.9. The minimum absolute atomic E-state index is 0.00515. The Hall–Kier alpha value is -4.02. The largest absolute Gasteiger partial charge is 0.416 e. The van der Waals surface area contributed by atoms with Gasteiger partial charge in [0.2, 0.25) is 5.95 Å². The van der Waals surface area contributed by atoms with E-state index in [1.807, 2.05) is 0 Å². The number of nitrogens with zero attached hydrogens (tertiary/aromatic N) is 3. The second kappa shape index (κ2) is 8.25. The first-order valence-electron chi connectivity index (χ1n) is 9.35. The van der Waals surface area contributed by atoms with Gasteiger partial charge in [-0.15, -0.1) is 0 Å². The first kappa shape index (κ1) is 21.2. The lowest BCUT2D eigenvalue weighted by atomic mass is 10.1. The molecule has 4 aromatic rings. The van der Waals surface area contributed by atoms with E-state index in [1.54, 1.807) is 6.07 Å². The highest BCUT2D eigenvalue weighted by atomic mass is 19.4. The summed E-state index contributed by atoms with van der Waals surface area (Å²) < 4.78 is 53.3. The number of nitrogens with one attached hydrogen (secondary N) is 2. The zero-order valence-electron chi connectivity index (χ0n) is 16.3. The van der Waals surface area contributed by atoms with Crippen LogP contribution in [-0.4, -0.2) is 19.5 Å². The Balaban J connectivity index is 1.60. The molecule has 0 radical (unpaired) electrons. The number of hydrogen-bond acceptors (Lipinski definition) is 5. The molecular formula is C21H15F4N5O2. The number of halogens is 4. The van der Waals surface area contributed by atoms with Crippen molar-refractivity contribution in [3.8, 4) is 0 Å². The molecule has 2 aromatic carbocycles. The lowest BCUT2D eigenvalue weighted by molar-refractivity contribution is -0.137. The Morgan fingerprint density at radius 1 is 1.06 bits per heavy atom. The molecule has 7 nitrogen and oxygen atoms in total. The van der Waals surface area contributed by atoms with Crippen molar-refractivity contribution < 1.29 is 17.6 Å². The molecule has 11 heteroatoms. The molecule has 0 saturated heterocycles. The van der Waals surface area contributed by atoms with Gasteiger partial charge in [-0.05, 0) is 23.8 Å². The van der Waals surface area contributed by atoms with E-state index in [-0.39, 0.29) is 35.6 Å². The summed E-state index contributed by atoms with van der Waals surface area (Å²) in [5, 5.41) is 2.77. The molecule has 0 aliphatic carbocycles. The van der Waals surface area contributed by atoms with Crippen molar-refractivity contribution in [2.45, 2.75) is 19.3 Å². The van der Waals surface area contributed by atoms with Gasteiger partial charge in [0.05, 0.1) is 12.1 Å². The molecule has 2 heterocycles. The van der Waals surface area contributed by atoms with Gasteiger partial charge in [-0.2, -0.15) is 18.2 Å². The molecule has 2 aromatic heterocycles. The van der Waals surface area contributed by atoms with E-state index < -0.39 is 28.8 Å². The molecule has 0 unspecified atom stereocenters. The molecule has 0 saturated carbocycles. The van der Waals surface area contributed by atoms with Crippen LogP contribution in [-0.2, 0) is 19.3 Å². The maximum atomic E-state index is 13.9. The van der Waals surface area contributed by atoms with Crippen LogP contribution in [0, 0.1) is 5.82 Å². The van der Waals surface area contributed by atoms with Crippen molar-refractivity contribution in [3.05, 3.63) is 98.1 Å². The van der Waals surface area contributed by atoms with Gasteiger partial charge in [-0.3, -0.25) is 14.3 Å². The van der Waals surface area contributed by atoms with Crippen LogP contribution in [0.3, 0.4) is 0 Å². The van der Waals surface area contributed by atoms with E-state index >= 15 is 0 Å². The molecule has 0 spiro atoms. The highest BCUT2D eigenvalue weighted by molar-refractivity contribution is 5.73. The summed E-state index contributed by atoms with van der Waals surface area (Å²) in [5.74, 6) is -0.541. The van der Waals surface area contributed by atoms with E-state index in [2.05, 4.69) is 20.3 Å². The molecule has 0 amide bonds. The number of aromatic nitrogens is 4. The summed E-state index contributed by atoms with van der Waals surface area (Å²) in [6.45, 7) is -0.281. The number of rotatable bonds is 5. The van der Waals surface area contributed by atoms with Crippen molar-refractivity contribution >= 4 is 17.0 Å². The first-order valence-corrected chi connectivity index (χ1v) is 9.35. The fourth-order valence-electron chi connectivity index (χ4n) is 3.10. The monoisotopic (exact) mass is 445 g/mol. The van der Waals surface area contributed by atoms with Crippen LogP contribution in [0.2, 0.25) is 0 Å². The quantitative estimate of drug-likeness (QED) is 0.460. The molecular weight excluding hydrogens is 430 g/mol. The van der Waals surface area contributed by atoms with E-state index in [9.17, 15) is 27.2 Å². The van der Waals surface area contributed by atoms with Crippen molar-refractivity contribution in [2.24, 2.45) is 0 Å². The summed E-state index contributed by atoms with van der Waals surface area (Å²) in [7, 11) is 0. The van der Waals surface area contributed by atoms with Crippen LogP contribution in [0.25, 0.3) is 11.0 Å². The highest BCUT2D eigenvalue weighted by Gasteiger charge is 2.30. The smallest absolute Gasteiger partial charge is 0.350 e. The summed E-state index contributed by atoms with van der Waals surface area (Å²) in [6, 6.07) is 10.5. The Bertz CT molecular complexity index is 1410. The minimum Gasteiger partial charge on any atom is -0.350 e. The third-order valence-electron chi connectivity index (χ3n) is 4.73. The van der Waals surface area contributed by atoms with Gasteiger partial charge in [-0.25, -0.2) is 14.2 Å². The van der Waals surface area contributed by atoms with Crippen LogP contribution in [0.1, 0.15) is 16.7 Å². The maximum Gasteiger partial charge on any atom is 0.416 e. The van der Waals surface area contributed by atoms with Crippen LogP contribution < -0.4 is 16.6 Å². The van der Waals surface area contributed by atoms with Crippen molar-refractivity contribution in [1.29, 1.82) is 0 Å². The zero-order chi connectivity index (χ0) is 22.9. The topological polar surface area (TPSA) is 92.7 Å². The standard InChI is InChI=1S/C21H15F4N5O2/c22-16-7-2-1-5-13(16)11-30-18(31)15-10-27-19(28-17(15)29-20(30)32)26-9-12-4-3-6-14(8-12)21(23,24)25/h1-8,10H,9,11H2,(H2,26,27,28,29,32). The third-order valence-corrected chi connectivity index (χ3v) is 4.73. The van der Waals surface area contributed by atoms with Gasteiger partial charge >= 0.3 is 11.9 Å². The molecule has 4 rings (SSSR count). The van der Waals surface area contributed by atoms with Gasteiger partial charge in [0.15, 0.2) is 5.65 Å². The van der Waals surface area contributed by atoms with Crippen molar-refractivity contribution in [3.63, 3.8) is 0 Å². The summed E-state index contributed by atoms with van der Waals surface area (Å²) >= 11 is 0. The normalized spacial score (nSPS) is 11.6. The second-order valence-electron chi connectivity index (χ2n) is 6.92. The molecule has 0 atom stereocenters. The van der Waals surface area contributed by atoms with Crippen LogP contribution >= 0.6 is 0 Å². The predicted molar refractivity (Wildman–Crippen MR) is 109 cm³/mol. The predicted octanol–water partition coefficient (Wildman–Crippen LogP) is 3.30. The molecule has 2 N–H and O–H groups in total. The van der Waals surface area contributed by atoms with Crippen LogP contribution in [0.5, 0.6) is 0 Å². The Morgan fingerprint density at radius 2 is 1.84 bits per heavy atom. The average molecular weight is 445 g/mol. The van der Waals surface area contributed by atoms with E-state index in [1.165, 1.54) is 36.5 Å². The van der Waals surface area contributed by atoms with Crippen molar-refractivity contribution in [2.75, 3.05) is 5.32 Å². The molecule has 0 aliphatic rings. The van der Waals surface area contributed by atoms with Crippen molar-refractivity contribution in [1.82, 2.24) is 19.5 Å². The molecule has 32 heavy (non-hydrogen) atoms. The molecule has 0 bridgehead atoms. The number of hydrogen-bond donors (Lipinski definition) is 2. The lowest BCUT2D eigenvalue weighted by Crippen LogP contribution is -2.36.